The lowest BCUT2D eigenvalue weighted by atomic mass is 9.72. The van der Waals surface area contributed by atoms with Gasteiger partial charge in [-0.2, -0.15) is 0 Å². The Kier molecular flexibility index (Phi) is 4.76. The van der Waals surface area contributed by atoms with Crippen molar-refractivity contribution in [1.29, 1.82) is 0 Å². The Labute approximate surface area is 120 Å². The predicted octanol–water partition coefficient (Wildman–Crippen LogP) is 3.18. The van der Waals surface area contributed by atoms with Crippen LogP contribution >= 0.6 is 0 Å². The van der Waals surface area contributed by atoms with Crippen LogP contribution in [0.2, 0.25) is 0 Å². The van der Waals surface area contributed by atoms with Crippen molar-refractivity contribution in [2.45, 2.75) is 46.1 Å². The molecule has 20 heavy (non-hydrogen) atoms. The van der Waals surface area contributed by atoms with E-state index in [1.54, 1.807) is 12.3 Å². The maximum absolute atomic E-state index is 10.8. The van der Waals surface area contributed by atoms with E-state index in [0.29, 0.717) is 5.41 Å². The molecule has 1 aliphatic rings. The number of hydrogen-bond acceptors (Lipinski definition) is 3. The number of pyridine rings is 1. The van der Waals surface area contributed by atoms with Gasteiger partial charge in [0.05, 0.1) is 0 Å². The SMILES string of the molecule is CCCC1(CCC)CN(Cc2ccc(C(=O)O)nc2)C1. The molecule has 110 valence electrons. The van der Waals surface area contributed by atoms with Gasteiger partial charge in [-0.05, 0) is 29.9 Å². The molecule has 0 atom stereocenters. The third-order valence-electron chi connectivity index (χ3n) is 4.13. The summed E-state index contributed by atoms with van der Waals surface area (Å²) in [5, 5.41) is 8.83. The fourth-order valence-electron chi connectivity index (χ4n) is 3.42. The second kappa shape index (κ2) is 6.35. The standard InChI is InChI=1S/C16H24N2O2/c1-3-7-16(8-4-2)11-18(12-16)10-13-5-6-14(15(19)20)17-9-13/h5-6,9H,3-4,7-8,10-12H2,1-2H3,(H,19,20). The molecule has 4 heteroatoms. The zero-order chi connectivity index (χ0) is 14.6. The van der Waals surface area contributed by atoms with Crippen LogP contribution in [-0.4, -0.2) is 34.0 Å². The van der Waals surface area contributed by atoms with Crippen LogP contribution in [0.25, 0.3) is 0 Å². The van der Waals surface area contributed by atoms with E-state index in [0.717, 1.165) is 25.2 Å². The lowest BCUT2D eigenvalue weighted by Crippen LogP contribution is -2.55. The molecule has 1 N–H and O–H groups in total. The van der Waals surface area contributed by atoms with Crippen molar-refractivity contribution in [3.8, 4) is 0 Å². The first kappa shape index (κ1) is 15.0. The van der Waals surface area contributed by atoms with Gasteiger partial charge in [-0.15, -0.1) is 0 Å². The van der Waals surface area contributed by atoms with E-state index >= 15 is 0 Å². The molecule has 0 aliphatic carbocycles. The molecule has 1 aromatic heterocycles. The lowest BCUT2D eigenvalue weighted by Gasteiger charge is -2.51. The first-order valence-corrected chi connectivity index (χ1v) is 7.49. The number of carboxylic acid groups (broad SMARTS) is 1. The summed E-state index contributed by atoms with van der Waals surface area (Å²) >= 11 is 0. The molecule has 0 amide bonds. The summed E-state index contributed by atoms with van der Waals surface area (Å²) in [7, 11) is 0. The third kappa shape index (κ3) is 3.37. The predicted molar refractivity (Wildman–Crippen MR) is 78.7 cm³/mol. The number of carbonyl (C=O) groups is 1. The van der Waals surface area contributed by atoms with Gasteiger partial charge in [-0.3, -0.25) is 4.90 Å². The van der Waals surface area contributed by atoms with E-state index < -0.39 is 5.97 Å². The molecule has 1 fully saturated rings. The quantitative estimate of drug-likeness (QED) is 0.831. The summed E-state index contributed by atoms with van der Waals surface area (Å²) in [6.07, 6.45) is 6.82. The molecule has 0 bridgehead atoms. The summed E-state index contributed by atoms with van der Waals surface area (Å²) in [5.41, 5.74) is 1.73. The molecule has 0 spiro atoms. The van der Waals surface area contributed by atoms with E-state index in [9.17, 15) is 4.79 Å². The zero-order valence-corrected chi connectivity index (χ0v) is 12.4. The normalized spacial score (nSPS) is 17.7. The van der Waals surface area contributed by atoms with Crippen LogP contribution in [0.5, 0.6) is 0 Å². The number of hydrogen-bond donors (Lipinski definition) is 1. The Morgan fingerprint density at radius 1 is 1.30 bits per heavy atom. The average Bonchev–Trinajstić information content (AvgIpc) is 2.38. The lowest BCUT2D eigenvalue weighted by molar-refractivity contribution is -0.0204. The second-order valence-electron chi connectivity index (χ2n) is 6.00. The number of carboxylic acids is 1. The molecule has 2 rings (SSSR count). The van der Waals surface area contributed by atoms with E-state index in [4.69, 9.17) is 5.11 Å². The van der Waals surface area contributed by atoms with Crippen molar-refractivity contribution in [3.05, 3.63) is 29.6 Å². The Bertz CT molecular complexity index is 442. The van der Waals surface area contributed by atoms with Crippen LogP contribution in [-0.2, 0) is 6.54 Å². The Morgan fingerprint density at radius 2 is 1.95 bits per heavy atom. The van der Waals surface area contributed by atoms with Crippen LogP contribution in [0.15, 0.2) is 18.3 Å². The van der Waals surface area contributed by atoms with Gasteiger partial charge in [0.25, 0.3) is 0 Å². The Morgan fingerprint density at radius 3 is 2.40 bits per heavy atom. The van der Waals surface area contributed by atoms with Crippen LogP contribution in [0.4, 0.5) is 0 Å². The van der Waals surface area contributed by atoms with Crippen LogP contribution in [0.3, 0.4) is 0 Å². The van der Waals surface area contributed by atoms with E-state index in [1.165, 1.54) is 25.7 Å². The van der Waals surface area contributed by atoms with Crippen LogP contribution in [0, 0.1) is 5.41 Å². The minimum absolute atomic E-state index is 0.115. The highest BCUT2D eigenvalue weighted by Gasteiger charge is 2.40. The van der Waals surface area contributed by atoms with Crippen molar-refractivity contribution in [2.24, 2.45) is 5.41 Å². The molecule has 0 radical (unpaired) electrons. The monoisotopic (exact) mass is 276 g/mol. The maximum atomic E-state index is 10.8. The summed E-state index contributed by atoms with van der Waals surface area (Å²) in [5.74, 6) is -0.967. The first-order chi connectivity index (χ1) is 9.58. The number of aromatic nitrogens is 1. The number of nitrogens with zero attached hydrogens (tertiary/aromatic N) is 2. The average molecular weight is 276 g/mol. The Balaban J connectivity index is 1.88. The molecule has 4 nitrogen and oxygen atoms in total. The number of aromatic carboxylic acids is 1. The largest absolute Gasteiger partial charge is 0.477 e. The fourth-order valence-corrected chi connectivity index (χ4v) is 3.42. The van der Waals surface area contributed by atoms with Gasteiger partial charge in [0.15, 0.2) is 0 Å². The smallest absolute Gasteiger partial charge is 0.354 e. The van der Waals surface area contributed by atoms with E-state index in [1.807, 2.05) is 6.07 Å². The summed E-state index contributed by atoms with van der Waals surface area (Å²) < 4.78 is 0. The molecule has 1 aliphatic heterocycles. The molecule has 0 aromatic carbocycles. The van der Waals surface area contributed by atoms with Gasteiger partial charge in [0.2, 0.25) is 0 Å². The van der Waals surface area contributed by atoms with E-state index in [-0.39, 0.29) is 5.69 Å². The highest BCUT2D eigenvalue weighted by Crippen LogP contribution is 2.40. The molecule has 1 saturated heterocycles. The maximum Gasteiger partial charge on any atom is 0.354 e. The van der Waals surface area contributed by atoms with Crippen molar-refractivity contribution in [1.82, 2.24) is 9.88 Å². The van der Waals surface area contributed by atoms with E-state index in [2.05, 4.69) is 23.7 Å². The highest BCUT2D eigenvalue weighted by molar-refractivity contribution is 5.85. The molecule has 2 heterocycles. The molecular weight excluding hydrogens is 252 g/mol. The Hall–Kier alpha value is -1.42. The van der Waals surface area contributed by atoms with Gasteiger partial charge >= 0.3 is 5.97 Å². The zero-order valence-electron chi connectivity index (χ0n) is 12.4. The minimum atomic E-state index is -0.967. The van der Waals surface area contributed by atoms with Crippen molar-refractivity contribution >= 4 is 5.97 Å². The molecular formula is C16H24N2O2. The third-order valence-corrected chi connectivity index (χ3v) is 4.13. The fraction of sp³-hybridized carbons (Fsp3) is 0.625. The second-order valence-corrected chi connectivity index (χ2v) is 6.00. The molecule has 1 aromatic rings. The van der Waals surface area contributed by atoms with Gasteiger partial charge < -0.3 is 5.11 Å². The molecule has 0 saturated carbocycles. The first-order valence-electron chi connectivity index (χ1n) is 7.49. The number of rotatable bonds is 7. The number of likely N-dealkylation sites (tertiary alicyclic amines) is 1. The highest BCUT2D eigenvalue weighted by atomic mass is 16.4. The van der Waals surface area contributed by atoms with Gasteiger partial charge in [-0.25, -0.2) is 9.78 Å². The topological polar surface area (TPSA) is 53.4 Å². The molecule has 0 unspecified atom stereocenters. The van der Waals surface area contributed by atoms with Crippen molar-refractivity contribution in [2.75, 3.05) is 13.1 Å². The van der Waals surface area contributed by atoms with Gasteiger partial charge in [-0.1, -0.05) is 32.8 Å². The minimum Gasteiger partial charge on any atom is -0.477 e. The van der Waals surface area contributed by atoms with Gasteiger partial charge in [0, 0.05) is 25.8 Å². The van der Waals surface area contributed by atoms with Crippen LogP contribution in [0.1, 0.15) is 55.6 Å². The van der Waals surface area contributed by atoms with Crippen molar-refractivity contribution < 1.29 is 9.90 Å². The summed E-state index contributed by atoms with van der Waals surface area (Å²) in [4.78, 5) is 17.2. The summed E-state index contributed by atoms with van der Waals surface area (Å²) in [6.45, 7) is 7.72. The van der Waals surface area contributed by atoms with Gasteiger partial charge in [0.1, 0.15) is 5.69 Å². The van der Waals surface area contributed by atoms with Crippen molar-refractivity contribution in [3.63, 3.8) is 0 Å². The summed E-state index contributed by atoms with van der Waals surface area (Å²) in [6, 6.07) is 3.46. The van der Waals surface area contributed by atoms with Crippen LogP contribution < -0.4 is 0 Å².